The molecule has 0 amide bonds. The van der Waals surface area contributed by atoms with Crippen LogP contribution >= 0.6 is 0 Å². The highest BCUT2D eigenvalue weighted by Gasteiger charge is 2.29. The van der Waals surface area contributed by atoms with Crippen LogP contribution in [0.3, 0.4) is 0 Å². The number of fused-ring (bicyclic) bond motifs is 3. The molecule has 0 spiro atoms. The van der Waals surface area contributed by atoms with Crippen molar-refractivity contribution in [3.05, 3.63) is 41.5 Å². The fourth-order valence-electron chi connectivity index (χ4n) is 2.95. The van der Waals surface area contributed by atoms with Gasteiger partial charge in [-0.3, -0.25) is 0 Å². The summed E-state index contributed by atoms with van der Waals surface area (Å²) in [6.45, 7) is 0. The lowest BCUT2D eigenvalue weighted by Crippen LogP contribution is -2.15. The van der Waals surface area contributed by atoms with E-state index in [4.69, 9.17) is 4.74 Å². The molecule has 0 heterocycles. The Morgan fingerprint density at radius 3 is 3.13 bits per heavy atom. The zero-order valence-electron chi connectivity index (χ0n) is 9.07. The molecule has 0 N–H and O–H groups in total. The van der Waals surface area contributed by atoms with Gasteiger partial charge in [0.2, 0.25) is 0 Å². The first-order valence-corrected chi connectivity index (χ1v) is 5.72. The third-order valence-electron chi connectivity index (χ3n) is 3.78. The summed E-state index contributed by atoms with van der Waals surface area (Å²) >= 11 is 0. The Bertz CT molecular complexity index is 406. The van der Waals surface area contributed by atoms with Crippen molar-refractivity contribution in [2.75, 3.05) is 7.11 Å². The number of rotatable bonds is 1. The van der Waals surface area contributed by atoms with E-state index in [1.165, 1.54) is 30.4 Å². The van der Waals surface area contributed by atoms with E-state index in [9.17, 15) is 0 Å². The first-order chi connectivity index (χ1) is 7.38. The maximum atomic E-state index is 5.27. The van der Waals surface area contributed by atoms with E-state index in [1.54, 1.807) is 7.11 Å². The van der Waals surface area contributed by atoms with Gasteiger partial charge in [0.1, 0.15) is 5.75 Å². The van der Waals surface area contributed by atoms with E-state index >= 15 is 0 Å². The van der Waals surface area contributed by atoms with Crippen molar-refractivity contribution in [2.45, 2.75) is 25.2 Å². The number of hydrogen-bond donors (Lipinski definition) is 0. The Balaban J connectivity index is 2.03. The van der Waals surface area contributed by atoms with Gasteiger partial charge in [0.05, 0.1) is 7.11 Å². The number of hydrogen-bond acceptors (Lipinski definition) is 1. The maximum absolute atomic E-state index is 5.27. The van der Waals surface area contributed by atoms with E-state index < -0.39 is 0 Å². The smallest absolute Gasteiger partial charge is 0.119 e. The first-order valence-electron chi connectivity index (χ1n) is 5.72. The van der Waals surface area contributed by atoms with Crippen molar-refractivity contribution >= 4 is 0 Å². The van der Waals surface area contributed by atoms with Crippen LogP contribution in [0.4, 0.5) is 0 Å². The number of ether oxygens (including phenoxy) is 1. The molecule has 2 aliphatic carbocycles. The molecule has 15 heavy (non-hydrogen) atoms. The van der Waals surface area contributed by atoms with Crippen LogP contribution in [0.2, 0.25) is 0 Å². The zero-order chi connectivity index (χ0) is 10.3. The van der Waals surface area contributed by atoms with Crippen LogP contribution in [0.1, 0.15) is 29.9 Å². The highest BCUT2D eigenvalue weighted by molar-refractivity contribution is 5.42. The molecule has 1 aromatic carbocycles. The minimum atomic E-state index is 0.680. The summed E-state index contributed by atoms with van der Waals surface area (Å²) < 4.78 is 5.27. The predicted octanol–water partition coefficient (Wildman–Crippen LogP) is 3.30. The molecule has 3 rings (SSSR count). The molecular formula is C14H16O. The molecule has 1 aromatic rings. The molecule has 0 unspecified atom stereocenters. The SMILES string of the molecule is COc1ccc2c(c1)CC[C@@H]1CC=C[C@@H]21. The van der Waals surface area contributed by atoms with Crippen molar-refractivity contribution in [1.82, 2.24) is 0 Å². The summed E-state index contributed by atoms with van der Waals surface area (Å²) in [7, 11) is 1.74. The first kappa shape index (κ1) is 9.02. The number of methoxy groups -OCH3 is 1. The topological polar surface area (TPSA) is 9.23 Å². The van der Waals surface area contributed by atoms with Crippen molar-refractivity contribution in [3.63, 3.8) is 0 Å². The average Bonchev–Trinajstić information content (AvgIpc) is 2.76. The Morgan fingerprint density at radius 1 is 1.33 bits per heavy atom. The van der Waals surface area contributed by atoms with Gasteiger partial charge in [-0.05, 0) is 48.4 Å². The second kappa shape index (κ2) is 3.41. The molecule has 78 valence electrons. The van der Waals surface area contributed by atoms with E-state index in [1.807, 2.05) is 0 Å². The Morgan fingerprint density at radius 2 is 2.27 bits per heavy atom. The van der Waals surface area contributed by atoms with Crippen LogP contribution in [0.15, 0.2) is 30.4 Å². The van der Waals surface area contributed by atoms with Gasteiger partial charge in [-0.2, -0.15) is 0 Å². The summed E-state index contributed by atoms with van der Waals surface area (Å²) in [5, 5.41) is 0. The molecule has 0 fully saturated rings. The van der Waals surface area contributed by atoms with Crippen molar-refractivity contribution in [3.8, 4) is 5.75 Å². The lowest BCUT2D eigenvalue weighted by molar-refractivity contribution is 0.409. The molecule has 2 aliphatic rings. The van der Waals surface area contributed by atoms with E-state index in [0.717, 1.165) is 11.7 Å². The highest BCUT2D eigenvalue weighted by Crippen LogP contribution is 2.43. The molecule has 1 nitrogen and oxygen atoms in total. The molecular weight excluding hydrogens is 184 g/mol. The van der Waals surface area contributed by atoms with Crippen LogP contribution in [-0.4, -0.2) is 7.11 Å². The van der Waals surface area contributed by atoms with Gasteiger partial charge in [0.15, 0.2) is 0 Å². The fraction of sp³-hybridized carbons (Fsp3) is 0.429. The number of allylic oxidation sites excluding steroid dienone is 2. The molecule has 2 atom stereocenters. The Hall–Kier alpha value is -1.24. The molecule has 0 bridgehead atoms. The van der Waals surface area contributed by atoms with Gasteiger partial charge in [0, 0.05) is 5.92 Å². The maximum Gasteiger partial charge on any atom is 0.119 e. The summed E-state index contributed by atoms with van der Waals surface area (Å²) in [5.41, 5.74) is 3.02. The predicted molar refractivity (Wildman–Crippen MR) is 61.3 cm³/mol. The zero-order valence-corrected chi connectivity index (χ0v) is 9.07. The lowest BCUT2D eigenvalue weighted by Gasteiger charge is -2.28. The van der Waals surface area contributed by atoms with Gasteiger partial charge in [-0.25, -0.2) is 0 Å². The average molecular weight is 200 g/mol. The van der Waals surface area contributed by atoms with Crippen LogP contribution < -0.4 is 4.74 Å². The fourth-order valence-corrected chi connectivity index (χ4v) is 2.95. The van der Waals surface area contributed by atoms with Crippen LogP contribution in [0.5, 0.6) is 5.75 Å². The highest BCUT2D eigenvalue weighted by atomic mass is 16.5. The summed E-state index contributed by atoms with van der Waals surface area (Å²) in [6, 6.07) is 6.55. The Kier molecular flexibility index (Phi) is 2.05. The second-order valence-electron chi connectivity index (χ2n) is 4.55. The minimum Gasteiger partial charge on any atom is -0.497 e. The molecule has 0 saturated heterocycles. The largest absolute Gasteiger partial charge is 0.497 e. The number of aryl methyl sites for hydroxylation is 1. The van der Waals surface area contributed by atoms with Crippen molar-refractivity contribution in [2.24, 2.45) is 5.92 Å². The minimum absolute atomic E-state index is 0.680. The third kappa shape index (κ3) is 1.38. The van der Waals surface area contributed by atoms with Crippen molar-refractivity contribution in [1.29, 1.82) is 0 Å². The van der Waals surface area contributed by atoms with Gasteiger partial charge < -0.3 is 4.74 Å². The normalized spacial score (nSPS) is 27.3. The van der Waals surface area contributed by atoms with Gasteiger partial charge in [0.25, 0.3) is 0 Å². The Labute approximate surface area is 90.8 Å². The lowest BCUT2D eigenvalue weighted by atomic mass is 9.77. The molecule has 0 aliphatic heterocycles. The third-order valence-corrected chi connectivity index (χ3v) is 3.78. The van der Waals surface area contributed by atoms with Gasteiger partial charge in [-0.15, -0.1) is 0 Å². The summed E-state index contributed by atoms with van der Waals surface area (Å²) in [5.74, 6) is 2.54. The van der Waals surface area contributed by atoms with Crippen LogP contribution in [0, 0.1) is 5.92 Å². The van der Waals surface area contributed by atoms with E-state index in [0.29, 0.717) is 5.92 Å². The van der Waals surface area contributed by atoms with E-state index in [-0.39, 0.29) is 0 Å². The van der Waals surface area contributed by atoms with Crippen LogP contribution in [-0.2, 0) is 6.42 Å². The monoisotopic (exact) mass is 200 g/mol. The van der Waals surface area contributed by atoms with E-state index in [2.05, 4.69) is 30.4 Å². The van der Waals surface area contributed by atoms with Gasteiger partial charge >= 0.3 is 0 Å². The number of benzene rings is 1. The van der Waals surface area contributed by atoms with Crippen molar-refractivity contribution < 1.29 is 4.74 Å². The molecule has 0 radical (unpaired) electrons. The van der Waals surface area contributed by atoms with Crippen LogP contribution in [0.25, 0.3) is 0 Å². The molecule has 0 saturated carbocycles. The summed E-state index contributed by atoms with van der Waals surface area (Å²) in [6.07, 6.45) is 8.55. The summed E-state index contributed by atoms with van der Waals surface area (Å²) in [4.78, 5) is 0. The van der Waals surface area contributed by atoms with Gasteiger partial charge in [-0.1, -0.05) is 18.2 Å². The standard InChI is InChI=1S/C14H16O/c1-15-12-7-8-14-11(9-12)6-5-10-3-2-4-13(10)14/h2,4,7-10,13H,3,5-6H2,1H3/t10-,13+/m0/s1. The molecule has 1 heteroatoms. The quantitative estimate of drug-likeness (QED) is 0.632. The second-order valence-corrected chi connectivity index (χ2v) is 4.55. The molecule has 0 aromatic heterocycles.